The van der Waals surface area contributed by atoms with Crippen LogP contribution in [0.5, 0.6) is 5.88 Å². The summed E-state index contributed by atoms with van der Waals surface area (Å²) in [7, 11) is 0. The first-order valence-electron chi connectivity index (χ1n) is 5.42. The Bertz CT molecular complexity index is 617. The Labute approximate surface area is 114 Å². The second-order valence-corrected chi connectivity index (χ2v) is 4.28. The lowest BCUT2D eigenvalue weighted by atomic mass is 10.2. The lowest BCUT2D eigenvalue weighted by Crippen LogP contribution is -2.04. The van der Waals surface area contributed by atoms with Crippen molar-refractivity contribution in [2.45, 2.75) is 6.61 Å². The van der Waals surface area contributed by atoms with Gasteiger partial charge in [0.1, 0.15) is 6.61 Å². The fourth-order valence-corrected chi connectivity index (χ4v) is 1.70. The number of hydrogen-bond donors (Lipinski definition) is 2. The van der Waals surface area contributed by atoms with Crippen LogP contribution in [0, 0.1) is 0 Å². The monoisotopic (exact) mass is 278 g/mol. The predicted octanol–water partition coefficient (Wildman–Crippen LogP) is 2.59. The van der Waals surface area contributed by atoms with E-state index in [4.69, 9.17) is 27.2 Å². The zero-order valence-electron chi connectivity index (χ0n) is 9.84. The Morgan fingerprint density at radius 3 is 2.84 bits per heavy atom. The van der Waals surface area contributed by atoms with Crippen LogP contribution >= 0.6 is 11.6 Å². The zero-order valence-corrected chi connectivity index (χ0v) is 10.6. The van der Waals surface area contributed by atoms with E-state index in [1.807, 2.05) is 12.1 Å². The van der Waals surface area contributed by atoms with Crippen LogP contribution in [0.1, 0.15) is 15.9 Å². The van der Waals surface area contributed by atoms with Crippen LogP contribution in [0.15, 0.2) is 36.5 Å². The molecule has 3 N–H and O–H groups in total. The lowest BCUT2D eigenvalue weighted by Gasteiger charge is -2.08. The van der Waals surface area contributed by atoms with Crippen LogP contribution in [0.4, 0.5) is 5.69 Å². The fraction of sp³-hybridized carbons (Fsp3) is 0.0769. The van der Waals surface area contributed by atoms with Gasteiger partial charge < -0.3 is 15.6 Å². The van der Waals surface area contributed by atoms with Gasteiger partial charge in [-0.3, -0.25) is 0 Å². The van der Waals surface area contributed by atoms with E-state index in [1.54, 1.807) is 12.1 Å². The number of benzene rings is 1. The van der Waals surface area contributed by atoms with E-state index >= 15 is 0 Å². The fourth-order valence-electron chi connectivity index (χ4n) is 1.49. The van der Waals surface area contributed by atoms with Gasteiger partial charge in [-0.25, -0.2) is 9.78 Å². The van der Waals surface area contributed by atoms with Crippen molar-refractivity contribution in [3.63, 3.8) is 0 Å². The lowest BCUT2D eigenvalue weighted by molar-refractivity contribution is 0.0696. The maximum Gasteiger partial charge on any atom is 0.337 e. The van der Waals surface area contributed by atoms with Crippen molar-refractivity contribution in [3.8, 4) is 5.88 Å². The summed E-state index contributed by atoms with van der Waals surface area (Å²) in [5.41, 5.74) is 6.75. The van der Waals surface area contributed by atoms with Crippen molar-refractivity contribution in [1.29, 1.82) is 0 Å². The molecule has 0 atom stereocenters. The van der Waals surface area contributed by atoms with E-state index in [1.165, 1.54) is 12.3 Å². The summed E-state index contributed by atoms with van der Waals surface area (Å²) in [6, 6.07) is 8.50. The molecule has 0 spiro atoms. The van der Waals surface area contributed by atoms with Gasteiger partial charge in [0.2, 0.25) is 5.88 Å². The zero-order chi connectivity index (χ0) is 13.8. The SMILES string of the molecule is Nc1cc(C(=O)O)cnc1OCc1cccc(Cl)c1. The number of rotatable bonds is 4. The van der Waals surface area contributed by atoms with Crippen LogP contribution in [-0.4, -0.2) is 16.1 Å². The number of aromatic nitrogens is 1. The number of anilines is 1. The summed E-state index contributed by atoms with van der Waals surface area (Å²) >= 11 is 5.85. The minimum absolute atomic E-state index is 0.0209. The highest BCUT2D eigenvalue weighted by Gasteiger charge is 2.08. The van der Waals surface area contributed by atoms with Gasteiger partial charge in [-0.05, 0) is 23.8 Å². The quantitative estimate of drug-likeness (QED) is 0.898. The molecule has 0 saturated heterocycles. The number of carboxylic acids is 1. The van der Waals surface area contributed by atoms with E-state index in [0.717, 1.165) is 5.56 Å². The molecule has 1 aromatic heterocycles. The summed E-state index contributed by atoms with van der Waals surface area (Å²) in [4.78, 5) is 14.6. The number of nitrogens with zero attached hydrogens (tertiary/aromatic N) is 1. The minimum Gasteiger partial charge on any atom is -0.478 e. The predicted molar refractivity (Wildman–Crippen MR) is 71.4 cm³/mol. The molecule has 2 aromatic rings. The van der Waals surface area contributed by atoms with Crippen LogP contribution in [-0.2, 0) is 6.61 Å². The number of pyridine rings is 1. The summed E-state index contributed by atoms with van der Waals surface area (Å²) in [5, 5.41) is 9.40. The molecule has 0 aliphatic heterocycles. The second kappa shape index (κ2) is 5.58. The van der Waals surface area contributed by atoms with Crippen molar-refractivity contribution < 1.29 is 14.6 Å². The maximum atomic E-state index is 10.7. The third kappa shape index (κ3) is 3.35. The van der Waals surface area contributed by atoms with Gasteiger partial charge in [0.15, 0.2) is 0 Å². The van der Waals surface area contributed by atoms with Crippen molar-refractivity contribution >= 4 is 23.3 Å². The number of aromatic carboxylic acids is 1. The second-order valence-electron chi connectivity index (χ2n) is 3.84. The number of nitrogen functional groups attached to an aromatic ring is 1. The molecule has 1 heterocycles. The van der Waals surface area contributed by atoms with Crippen molar-refractivity contribution in [1.82, 2.24) is 4.98 Å². The molecule has 0 aliphatic rings. The molecule has 0 bridgehead atoms. The molecule has 1 aromatic carbocycles. The first-order valence-corrected chi connectivity index (χ1v) is 5.80. The van der Waals surface area contributed by atoms with Gasteiger partial charge >= 0.3 is 5.97 Å². The third-order valence-electron chi connectivity index (χ3n) is 2.39. The van der Waals surface area contributed by atoms with E-state index < -0.39 is 5.97 Å². The molecule has 98 valence electrons. The smallest absolute Gasteiger partial charge is 0.337 e. The Kier molecular flexibility index (Phi) is 3.87. The third-order valence-corrected chi connectivity index (χ3v) is 2.63. The number of carbonyl (C=O) groups is 1. The van der Waals surface area contributed by atoms with Crippen molar-refractivity contribution in [2.24, 2.45) is 0 Å². The number of nitrogens with two attached hydrogens (primary N) is 1. The molecule has 0 amide bonds. The molecule has 0 saturated carbocycles. The van der Waals surface area contributed by atoms with Gasteiger partial charge in [-0.2, -0.15) is 0 Å². The van der Waals surface area contributed by atoms with E-state index in [2.05, 4.69) is 4.98 Å². The van der Waals surface area contributed by atoms with Gasteiger partial charge in [-0.1, -0.05) is 23.7 Å². The first kappa shape index (κ1) is 13.2. The highest BCUT2D eigenvalue weighted by molar-refractivity contribution is 6.30. The molecule has 0 radical (unpaired) electrons. The maximum absolute atomic E-state index is 10.7. The van der Waals surface area contributed by atoms with Crippen LogP contribution in [0.25, 0.3) is 0 Å². The largest absolute Gasteiger partial charge is 0.478 e. The number of hydrogen-bond acceptors (Lipinski definition) is 4. The van der Waals surface area contributed by atoms with Gasteiger partial charge in [-0.15, -0.1) is 0 Å². The summed E-state index contributed by atoms with van der Waals surface area (Å²) in [6.45, 7) is 0.254. The van der Waals surface area contributed by atoms with Crippen LogP contribution in [0.2, 0.25) is 5.02 Å². The average molecular weight is 279 g/mol. The van der Waals surface area contributed by atoms with Gasteiger partial charge in [0, 0.05) is 11.2 Å². The van der Waals surface area contributed by atoms with E-state index in [-0.39, 0.29) is 23.7 Å². The van der Waals surface area contributed by atoms with E-state index in [0.29, 0.717) is 5.02 Å². The van der Waals surface area contributed by atoms with Gasteiger partial charge in [0.05, 0.1) is 11.3 Å². The van der Waals surface area contributed by atoms with Gasteiger partial charge in [0.25, 0.3) is 0 Å². The topological polar surface area (TPSA) is 85.4 Å². The first-order chi connectivity index (χ1) is 9.06. The number of ether oxygens (including phenoxy) is 1. The number of carboxylic acid groups (broad SMARTS) is 1. The Morgan fingerprint density at radius 2 is 2.21 bits per heavy atom. The molecule has 19 heavy (non-hydrogen) atoms. The minimum atomic E-state index is -1.08. The molecule has 0 unspecified atom stereocenters. The average Bonchev–Trinajstić information content (AvgIpc) is 2.37. The Hall–Kier alpha value is -2.27. The molecular weight excluding hydrogens is 268 g/mol. The highest BCUT2D eigenvalue weighted by atomic mass is 35.5. The van der Waals surface area contributed by atoms with Crippen LogP contribution in [0.3, 0.4) is 0 Å². The van der Waals surface area contributed by atoms with Crippen molar-refractivity contribution in [2.75, 3.05) is 5.73 Å². The van der Waals surface area contributed by atoms with Crippen LogP contribution < -0.4 is 10.5 Å². The standard InChI is InChI=1S/C13H11ClN2O3/c14-10-3-1-2-8(4-10)7-19-12-11(15)5-9(6-16-12)13(17)18/h1-6H,7,15H2,(H,17,18). The van der Waals surface area contributed by atoms with Crippen molar-refractivity contribution in [3.05, 3.63) is 52.7 Å². The normalized spacial score (nSPS) is 10.2. The molecule has 2 rings (SSSR count). The van der Waals surface area contributed by atoms with E-state index in [9.17, 15) is 4.79 Å². The molecular formula is C13H11ClN2O3. The molecule has 5 nitrogen and oxygen atoms in total. The Morgan fingerprint density at radius 1 is 1.42 bits per heavy atom. The molecule has 6 heteroatoms. The highest BCUT2D eigenvalue weighted by Crippen LogP contribution is 2.20. The molecule has 0 fully saturated rings. The number of halogens is 1. The Balaban J connectivity index is 2.10. The molecule has 0 aliphatic carbocycles. The summed E-state index contributed by atoms with van der Waals surface area (Å²) in [5.74, 6) is -0.884. The summed E-state index contributed by atoms with van der Waals surface area (Å²) in [6.07, 6.45) is 1.20. The summed E-state index contributed by atoms with van der Waals surface area (Å²) < 4.78 is 5.42.